The number of hydrogen-bond acceptors (Lipinski definition) is 5. The van der Waals surface area contributed by atoms with Crippen LogP contribution in [0.2, 0.25) is 0 Å². The Hall–Kier alpha value is -3.07. The lowest BCUT2D eigenvalue weighted by atomic mass is 10.1. The highest BCUT2D eigenvalue weighted by Crippen LogP contribution is 2.32. The van der Waals surface area contributed by atoms with Crippen molar-refractivity contribution in [3.05, 3.63) is 48.0 Å². The lowest BCUT2D eigenvalue weighted by molar-refractivity contribution is -0.137. The average molecular weight is 390 g/mol. The van der Waals surface area contributed by atoms with Crippen LogP contribution in [0.1, 0.15) is 18.9 Å². The molecule has 0 saturated heterocycles. The van der Waals surface area contributed by atoms with Gasteiger partial charge < -0.3 is 15.2 Å². The highest BCUT2D eigenvalue weighted by Gasteiger charge is 2.25. The van der Waals surface area contributed by atoms with Gasteiger partial charge in [-0.05, 0) is 49.2 Å². The van der Waals surface area contributed by atoms with Crippen LogP contribution in [0.15, 0.2) is 47.4 Å². The Morgan fingerprint density at radius 2 is 1.93 bits per heavy atom. The van der Waals surface area contributed by atoms with Crippen molar-refractivity contribution >= 4 is 33.3 Å². The molecule has 0 fully saturated rings. The van der Waals surface area contributed by atoms with Crippen molar-refractivity contribution in [2.45, 2.75) is 30.8 Å². The quantitative estimate of drug-likeness (QED) is 0.695. The second-order valence-electron chi connectivity index (χ2n) is 6.10. The smallest absolute Gasteiger partial charge is 0.303 e. The Kier molecular flexibility index (Phi) is 5.04. The molecule has 1 heterocycles. The molecule has 3 rings (SSSR count). The number of benzene rings is 2. The third kappa shape index (κ3) is 4.37. The zero-order valence-corrected chi connectivity index (χ0v) is 15.2. The minimum absolute atomic E-state index is 0.00656. The number of carboxylic acid groups (broad SMARTS) is 1. The van der Waals surface area contributed by atoms with Gasteiger partial charge in [0.2, 0.25) is 0 Å². The molecule has 0 radical (unpaired) electrons. The van der Waals surface area contributed by atoms with E-state index in [0.29, 0.717) is 23.5 Å². The molecule has 0 spiro atoms. The van der Waals surface area contributed by atoms with Crippen molar-refractivity contribution < 1.29 is 27.9 Å². The summed E-state index contributed by atoms with van der Waals surface area (Å²) in [5.74, 6) is -0.830. The summed E-state index contributed by atoms with van der Waals surface area (Å²) in [6.45, 7) is 1.60. The number of fused-ring (bicyclic) bond motifs is 1. The Morgan fingerprint density at radius 3 is 2.59 bits per heavy atom. The summed E-state index contributed by atoms with van der Waals surface area (Å²) >= 11 is 0. The van der Waals surface area contributed by atoms with Crippen LogP contribution in [0.5, 0.6) is 5.75 Å². The Labute approximate surface area is 156 Å². The van der Waals surface area contributed by atoms with Gasteiger partial charge in [0.1, 0.15) is 5.75 Å². The summed E-state index contributed by atoms with van der Waals surface area (Å²) in [5, 5.41) is 11.3. The summed E-state index contributed by atoms with van der Waals surface area (Å²) in [6.07, 6.45) is -0.268. The molecule has 0 saturated carbocycles. The van der Waals surface area contributed by atoms with Gasteiger partial charge in [-0.3, -0.25) is 14.3 Å². The first-order valence-electron chi connectivity index (χ1n) is 8.20. The lowest BCUT2D eigenvalue weighted by Gasteiger charge is -2.23. The Morgan fingerprint density at radius 1 is 1.22 bits per heavy atom. The van der Waals surface area contributed by atoms with Gasteiger partial charge in [-0.2, -0.15) is 0 Å². The van der Waals surface area contributed by atoms with Crippen LogP contribution in [-0.4, -0.2) is 31.5 Å². The summed E-state index contributed by atoms with van der Waals surface area (Å²) in [7, 11) is -3.87. The number of amides is 1. The summed E-state index contributed by atoms with van der Waals surface area (Å²) in [6, 6.07) is 10.7. The van der Waals surface area contributed by atoms with E-state index in [1.807, 2.05) is 0 Å². The summed E-state index contributed by atoms with van der Waals surface area (Å²) in [4.78, 5) is 22.3. The average Bonchev–Trinajstić information content (AvgIpc) is 2.61. The van der Waals surface area contributed by atoms with E-state index in [-0.39, 0.29) is 17.2 Å². The monoisotopic (exact) mass is 390 g/mol. The first kappa shape index (κ1) is 18.7. The zero-order valence-electron chi connectivity index (χ0n) is 14.4. The third-order valence-corrected chi connectivity index (χ3v) is 5.40. The number of ether oxygens (including phenoxy) is 1. The lowest BCUT2D eigenvalue weighted by Crippen LogP contribution is -2.34. The normalized spacial score (nSPS) is 16.0. The largest absolute Gasteiger partial charge is 0.481 e. The van der Waals surface area contributed by atoms with Crippen molar-refractivity contribution in [3.8, 4) is 5.75 Å². The van der Waals surface area contributed by atoms with Crippen molar-refractivity contribution in [1.29, 1.82) is 0 Å². The number of nitrogens with one attached hydrogen (secondary N) is 2. The third-order valence-electron chi connectivity index (χ3n) is 4.03. The number of anilines is 2. The van der Waals surface area contributed by atoms with Gasteiger partial charge in [0, 0.05) is 12.1 Å². The fraction of sp³-hybridized carbons (Fsp3) is 0.222. The summed E-state index contributed by atoms with van der Waals surface area (Å²) in [5.41, 5.74) is 1.44. The minimum Gasteiger partial charge on any atom is -0.481 e. The number of carbonyl (C=O) groups excluding carboxylic acids is 1. The van der Waals surface area contributed by atoms with Gasteiger partial charge >= 0.3 is 5.97 Å². The van der Waals surface area contributed by atoms with E-state index in [4.69, 9.17) is 9.84 Å². The molecule has 1 aliphatic rings. The van der Waals surface area contributed by atoms with Crippen LogP contribution in [0.3, 0.4) is 0 Å². The van der Waals surface area contributed by atoms with Crippen molar-refractivity contribution in [3.63, 3.8) is 0 Å². The van der Waals surface area contributed by atoms with Crippen molar-refractivity contribution in [1.82, 2.24) is 0 Å². The molecule has 142 valence electrons. The molecular weight excluding hydrogens is 372 g/mol. The standard InChI is InChI=1S/C18H18N2O6S/c1-11-18(23)19-15-10-14(7-8-16(15)26-11)27(24,25)20-13-5-2-12(3-6-13)4-9-17(21)22/h2-3,5-8,10-11,20H,4,9H2,1H3,(H,19,23)(H,21,22)/t11-/m1/s1. The van der Waals surface area contributed by atoms with E-state index in [1.165, 1.54) is 18.2 Å². The number of aryl methyl sites for hydroxylation is 1. The molecule has 0 aromatic heterocycles. The molecule has 8 nitrogen and oxygen atoms in total. The Bertz CT molecular complexity index is 985. The number of sulfonamides is 1. The van der Waals surface area contributed by atoms with E-state index < -0.39 is 22.1 Å². The Balaban J connectivity index is 1.76. The maximum Gasteiger partial charge on any atom is 0.303 e. The van der Waals surface area contributed by atoms with Crippen LogP contribution in [0.25, 0.3) is 0 Å². The molecule has 0 aliphatic carbocycles. The van der Waals surface area contributed by atoms with Gasteiger partial charge in [0.15, 0.2) is 6.10 Å². The molecule has 1 atom stereocenters. The van der Waals surface area contributed by atoms with E-state index in [9.17, 15) is 18.0 Å². The van der Waals surface area contributed by atoms with Crippen LogP contribution >= 0.6 is 0 Å². The van der Waals surface area contributed by atoms with Gasteiger partial charge in [-0.1, -0.05) is 12.1 Å². The second-order valence-corrected chi connectivity index (χ2v) is 7.79. The number of carbonyl (C=O) groups is 2. The van der Waals surface area contributed by atoms with Gasteiger partial charge in [-0.25, -0.2) is 8.42 Å². The second kappa shape index (κ2) is 7.28. The molecule has 1 amide bonds. The van der Waals surface area contributed by atoms with Gasteiger partial charge in [0.05, 0.1) is 10.6 Å². The molecular formula is C18H18N2O6S. The first-order chi connectivity index (χ1) is 12.7. The van der Waals surface area contributed by atoms with Crippen LogP contribution in [0, 0.1) is 0 Å². The topological polar surface area (TPSA) is 122 Å². The minimum atomic E-state index is -3.87. The van der Waals surface area contributed by atoms with Crippen LogP contribution in [0.4, 0.5) is 11.4 Å². The number of rotatable bonds is 6. The molecule has 27 heavy (non-hydrogen) atoms. The van der Waals surface area contributed by atoms with Crippen LogP contribution < -0.4 is 14.8 Å². The number of carboxylic acids is 1. The highest BCUT2D eigenvalue weighted by molar-refractivity contribution is 7.92. The molecule has 2 aromatic carbocycles. The fourth-order valence-corrected chi connectivity index (χ4v) is 3.64. The zero-order chi connectivity index (χ0) is 19.6. The van der Waals surface area contributed by atoms with Gasteiger partial charge in [0.25, 0.3) is 15.9 Å². The number of aliphatic carboxylic acids is 1. The van der Waals surface area contributed by atoms with E-state index >= 15 is 0 Å². The number of hydrogen-bond donors (Lipinski definition) is 3. The van der Waals surface area contributed by atoms with Crippen LogP contribution in [-0.2, 0) is 26.0 Å². The SMILES string of the molecule is C[C@H]1Oc2ccc(S(=O)(=O)Nc3ccc(CCC(=O)O)cc3)cc2NC1=O. The molecule has 9 heteroatoms. The maximum absolute atomic E-state index is 12.6. The van der Waals surface area contributed by atoms with Crippen molar-refractivity contribution in [2.24, 2.45) is 0 Å². The summed E-state index contributed by atoms with van der Waals surface area (Å²) < 4.78 is 33.1. The predicted molar refractivity (Wildman–Crippen MR) is 98.4 cm³/mol. The van der Waals surface area contributed by atoms with E-state index in [0.717, 1.165) is 5.56 Å². The van der Waals surface area contributed by atoms with E-state index in [1.54, 1.807) is 31.2 Å². The molecule has 0 unspecified atom stereocenters. The predicted octanol–water partition coefficient (Wildman–Crippen LogP) is 2.22. The van der Waals surface area contributed by atoms with Gasteiger partial charge in [-0.15, -0.1) is 0 Å². The van der Waals surface area contributed by atoms with E-state index in [2.05, 4.69) is 10.0 Å². The van der Waals surface area contributed by atoms with Crippen molar-refractivity contribution in [2.75, 3.05) is 10.0 Å². The molecule has 3 N–H and O–H groups in total. The molecule has 2 aromatic rings. The maximum atomic E-state index is 12.6. The highest BCUT2D eigenvalue weighted by atomic mass is 32.2. The molecule has 0 bridgehead atoms. The fourth-order valence-electron chi connectivity index (χ4n) is 2.56. The first-order valence-corrected chi connectivity index (χ1v) is 9.68. The molecule has 1 aliphatic heterocycles.